The minimum absolute atomic E-state index is 0. The number of nitrogens with zero attached hydrogens (tertiary/aromatic N) is 2. The number of carbonyl (C=O) groups excluding carboxylic acids is 1. The number of halogens is 3. The van der Waals surface area contributed by atoms with E-state index in [4.69, 9.17) is 0 Å². The van der Waals surface area contributed by atoms with E-state index in [0.29, 0.717) is 24.6 Å². The van der Waals surface area contributed by atoms with Gasteiger partial charge in [0.25, 0.3) is 0 Å². The summed E-state index contributed by atoms with van der Waals surface area (Å²) in [7, 11) is 1.58. The molecule has 2 aromatic carbocycles. The first kappa shape index (κ1) is 23.8. The Kier molecular flexibility index (Phi) is 9.28. The number of guanidine groups is 1. The number of aliphatic imine (C=N–C) groups is 1. The molecule has 0 bridgehead atoms. The molecule has 0 aliphatic carbocycles. The Labute approximate surface area is 191 Å². The van der Waals surface area contributed by atoms with Gasteiger partial charge in [0, 0.05) is 32.2 Å². The van der Waals surface area contributed by atoms with Crippen molar-refractivity contribution in [2.75, 3.05) is 20.1 Å². The van der Waals surface area contributed by atoms with Gasteiger partial charge in [-0.3, -0.25) is 9.79 Å². The number of ether oxygens (including phenoxy) is 1. The quantitative estimate of drug-likeness (QED) is 0.342. The monoisotopic (exact) mass is 530 g/mol. The number of rotatable bonds is 6. The minimum atomic E-state index is -2.89. The predicted octanol–water partition coefficient (Wildman–Crippen LogP) is 3.16. The molecule has 9 heteroatoms. The van der Waals surface area contributed by atoms with Crippen LogP contribution in [0.3, 0.4) is 0 Å². The van der Waals surface area contributed by atoms with Gasteiger partial charge in [-0.25, -0.2) is 0 Å². The number of fused-ring (bicyclic) bond motifs is 1. The average molecular weight is 530 g/mol. The summed E-state index contributed by atoms with van der Waals surface area (Å²) in [6.45, 7) is -1.28. The molecule has 1 aliphatic rings. The summed E-state index contributed by atoms with van der Waals surface area (Å²) >= 11 is 0. The lowest BCUT2D eigenvalue weighted by atomic mass is 10.00. The van der Waals surface area contributed by atoms with Crippen LogP contribution in [0.5, 0.6) is 5.75 Å². The van der Waals surface area contributed by atoms with E-state index in [1.54, 1.807) is 25.2 Å². The topological polar surface area (TPSA) is 66.0 Å². The highest BCUT2D eigenvalue weighted by molar-refractivity contribution is 14.0. The molecule has 1 heterocycles. The summed E-state index contributed by atoms with van der Waals surface area (Å²) in [4.78, 5) is 18.5. The second-order valence-corrected chi connectivity index (χ2v) is 6.60. The zero-order valence-corrected chi connectivity index (χ0v) is 18.9. The van der Waals surface area contributed by atoms with Gasteiger partial charge in [0.1, 0.15) is 5.75 Å². The molecular weight excluding hydrogens is 505 g/mol. The molecule has 3 rings (SSSR count). The fourth-order valence-electron chi connectivity index (χ4n) is 3.24. The lowest BCUT2D eigenvalue weighted by molar-refractivity contribution is -0.130. The summed E-state index contributed by atoms with van der Waals surface area (Å²) in [6, 6.07) is 14.7. The van der Waals surface area contributed by atoms with Gasteiger partial charge in [-0.05, 0) is 23.6 Å². The number of nitrogens with one attached hydrogen (secondary N) is 2. The molecule has 1 amide bonds. The fourth-order valence-corrected chi connectivity index (χ4v) is 3.24. The zero-order chi connectivity index (χ0) is 20.6. The molecule has 0 fully saturated rings. The molecule has 0 unspecified atom stereocenters. The summed E-state index contributed by atoms with van der Waals surface area (Å²) in [5.41, 5.74) is 3.02. The molecule has 0 aromatic heterocycles. The molecule has 0 atom stereocenters. The molecule has 0 radical (unpaired) electrons. The van der Waals surface area contributed by atoms with Crippen molar-refractivity contribution in [2.24, 2.45) is 4.99 Å². The first-order valence-electron chi connectivity index (χ1n) is 9.38. The summed E-state index contributed by atoms with van der Waals surface area (Å²) in [5.74, 6) is 0.486. The molecule has 0 saturated heterocycles. The Hall–Kier alpha value is -2.43. The number of amides is 1. The number of alkyl halides is 2. The third kappa shape index (κ3) is 6.54. The molecule has 0 spiro atoms. The number of carbonyl (C=O) groups is 1. The highest BCUT2D eigenvalue weighted by Crippen LogP contribution is 2.20. The van der Waals surface area contributed by atoms with Gasteiger partial charge in [0.05, 0.1) is 6.54 Å². The van der Waals surface area contributed by atoms with Gasteiger partial charge in [-0.2, -0.15) is 8.78 Å². The third-order valence-electron chi connectivity index (χ3n) is 4.75. The van der Waals surface area contributed by atoms with Gasteiger partial charge in [0.2, 0.25) is 5.91 Å². The van der Waals surface area contributed by atoms with Crippen LogP contribution >= 0.6 is 24.0 Å². The molecule has 2 N–H and O–H groups in total. The van der Waals surface area contributed by atoms with Crippen LogP contribution in [-0.4, -0.2) is 43.5 Å². The van der Waals surface area contributed by atoms with E-state index in [0.717, 1.165) is 6.42 Å². The maximum atomic E-state index is 12.6. The normalized spacial score (nSPS) is 13.3. The highest BCUT2D eigenvalue weighted by atomic mass is 127. The van der Waals surface area contributed by atoms with Crippen molar-refractivity contribution in [1.29, 1.82) is 0 Å². The van der Waals surface area contributed by atoms with Crippen LogP contribution in [0.25, 0.3) is 0 Å². The molecular formula is C21H25F2IN4O2. The van der Waals surface area contributed by atoms with Crippen molar-refractivity contribution < 1.29 is 18.3 Å². The van der Waals surface area contributed by atoms with Crippen molar-refractivity contribution in [2.45, 2.75) is 26.1 Å². The molecule has 162 valence electrons. The molecule has 2 aromatic rings. The maximum absolute atomic E-state index is 12.6. The van der Waals surface area contributed by atoms with Crippen LogP contribution in [0.4, 0.5) is 8.78 Å². The predicted molar refractivity (Wildman–Crippen MR) is 122 cm³/mol. The zero-order valence-electron chi connectivity index (χ0n) is 16.6. The van der Waals surface area contributed by atoms with Crippen molar-refractivity contribution in [3.8, 4) is 5.75 Å². The van der Waals surface area contributed by atoms with Crippen molar-refractivity contribution in [1.82, 2.24) is 15.5 Å². The average Bonchev–Trinajstić information content (AvgIpc) is 2.74. The smallest absolute Gasteiger partial charge is 0.387 e. The van der Waals surface area contributed by atoms with Crippen molar-refractivity contribution >= 4 is 35.8 Å². The van der Waals surface area contributed by atoms with Crippen LogP contribution < -0.4 is 15.4 Å². The van der Waals surface area contributed by atoms with Gasteiger partial charge < -0.3 is 20.3 Å². The molecule has 0 saturated carbocycles. The molecule has 1 aliphatic heterocycles. The minimum Gasteiger partial charge on any atom is -0.434 e. The van der Waals surface area contributed by atoms with Gasteiger partial charge >= 0.3 is 6.61 Å². The standard InChI is InChI=1S/C21H24F2N4O2.HI/c1-24-21(25-12-16-7-4-5-9-18(16)29-20(22)23)26-13-19(28)27-11-10-15-6-2-3-8-17(15)14-27;/h2-9,20H,10-14H2,1H3,(H2,24,25,26);1H. The summed E-state index contributed by atoms with van der Waals surface area (Å²) in [6.07, 6.45) is 0.843. The van der Waals surface area contributed by atoms with Crippen molar-refractivity contribution in [3.05, 3.63) is 65.2 Å². The van der Waals surface area contributed by atoms with Gasteiger partial charge in [-0.15, -0.1) is 24.0 Å². The first-order valence-corrected chi connectivity index (χ1v) is 9.38. The van der Waals surface area contributed by atoms with E-state index in [1.165, 1.54) is 17.2 Å². The fraction of sp³-hybridized carbons (Fsp3) is 0.333. The van der Waals surface area contributed by atoms with Crippen molar-refractivity contribution in [3.63, 3.8) is 0 Å². The van der Waals surface area contributed by atoms with Gasteiger partial charge in [-0.1, -0.05) is 42.5 Å². The van der Waals surface area contributed by atoms with Crippen LogP contribution in [0, 0.1) is 0 Å². The van der Waals surface area contributed by atoms with Gasteiger partial charge in [0.15, 0.2) is 5.96 Å². The second kappa shape index (κ2) is 11.7. The maximum Gasteiger partial charge on any atom is 0.387 e. The van der Waals surface area contributed by atoms with E-state index < -0.39 is 6.61 Å². The number of hydrogen-bond acceptors (Lipinski definition) is 3. The Bertz CT molecular complexity index is 880. The Morgan fingerprint density at radius 3 is 2.57 bits per heavy atom. The number of hydrogen-bond donors (Lipinski definition) is 2. The summed E-state index contributed by atoms with van der Waals surface area (Å²) < 4.78 is 29.6. The first-order chi connectivity index (χ1) is 14.1. The van der Waals surface area contributed by atoms with E-state index >= 15 is 0 Å². The highest BCUT2D eigenvalue weighted by Gasteiger charge is 2.20. The second-order valence-electron chi connectivity index (χ2n) is 6.60. The third-order valence-corrected chi connectivity index (χ3v) is 4.75. The van der Waals surface area contributed by atoms with E-state index in [-0.39, 0.29) is 48.7 Å². The van der Waals surface area contributed by atoms with E-state index in [9.17, 15) is 13.6 Å². The van der Waals surface area contributed by atoms with Crippen LogP contribution in [0.2, 0.25) is 0 Å². The van der Waals surface area contributed by atoms with Crippen LogP contribution in [0.15, 0.2) is 53.5 Å². The van der Waals surface area contributed by atoms with E-state index in [1.807, 2.05) is 23.1 Å². The van der Waals surface area contributed by atoms with Crippen LogP contribution in [0.1, 0.15) is 16.7 Å². The largest absolute Gasteiger partial charge is 0.434 e. The Morgan fingerprint density at radius 2 is 1.83 bits per heavy atom. The van der Waals surface area contributed by atoms with Crippen LogP contribution in [-0.2, 0) is 24.3 Å². The number of benzene rings is 2. The van der Waals surface area contributed by atoms with E-state index in [2.05, 4.69) is 26.4 Å². The Morgan fingerprint density at radius 1 is 1.13 bits per heavy atom. The lowest BCUT2D eigenvalue weighted by Crippen LogP contribution is -2.45. The number of para-hydroxylation sites is 1. The summed E-state index contributed by atoms with van der Waals surface area (Å²) in [5, 5.41) is 6.00. The lowest BCUT2D eigenvalue weighted by Gasteiger charge is -2.29. The molecule has 30 heavy (non-hydrogen) atoms. The SMILES string of the molecule is CN=C(NCC(=O)N1CCc2ccccc2C1)NCc1ccccc1OC(F)F.I. The molecule has 6 nitrogen and oxygen atoms in total. The Balaban J connectivity index is 0.00000320.